The van der Waals surface area contributed by atoms with Crippen LogP contribution in [0.2, 0.25) is 0 Å². The topological polar surface area (TPSA) is 44.8 Å². The Morgan fingerprint density at radius 3 is 2.20 bits per heavy atom. The van der Waals surface area contributed by atoms with Crippen LogP contribution in [0.3, 0.4) is 0 Å². The number of nitrogens with zero attached hydrogens (tertiary/aromatic N) is 2. The number of aryl methyl sites for hydroxylation is 1. The van der Waals surface area contributed by atoms with Crippen molar-refractivity contribution in [1.29, 1.82) is 0 Å². The number of hydrogen-bond donors (Lipinski definition) is 1. The standard InChI is InChI=1S/C23H33N3O2S2/c1-13-14(2)30-21(19(13)22(27)28-3)24-23(29)26-6-4-25(5-7-26)20-17-9-15-8-16(11-17)12-18(20)10-15/h15-18,20H,4-12H2,1-3H3,(H,24,29). The molecule has 5 aliphatic rings. The smallest absolute Gasteiger partial charge is 0.341 e. The summed E-state index contributed by atoms with van der Waals surface area (Å²) in [5, 5.41) is 4.90. The van der Waals surface area contributed by atoms with Crippen molar-refractivity contribution in [2.45, 2.75) is 52.0 Å². The van der Waals surface area contributed by atoms with Crippen LogP contribution in [0.25, 0.3) is 0 Å². The SMILES string of the molecule is COC(=O)c1c(NC(=S)N2CCN(C3C4CC5CC(C4)CC3C5)CC2)sc(C)c1C. The Kier molecular flexibility index (Phi) is 5.57. The van der Waals surface area contributed by atoms with Gasteiger partial charge in [-0.15, -0.1) is 11.3 Å². The molecule has 164 valence electrons. The third-order valence-corrected chi connectivity index (χ3v) is 9.68. The molecule has 4 saturated carbocycles. The van der Waals surface area contributed by atoms with Gasteiger partial charge in [-0.1, -0.05) is 0 Å². The van der Waals surface area contributed by atoms with Crippen molar-refractivity contribution in [2.24, 2.45) is 23.7 Å². The van der Waals surface area contributed by atoms with Crippen LogP contribution < -0.4 is 5.32 Å². The molecule has 0 aromatic carbocycles. The van der Waals surface area contributed by atoms with E-state index in [-0.39, 0.29) is 5.97 Å². The minimum atomic E-state index is -0.297. The Morgan fingerprint density at radius 1 is 1.03 bits per heavy atom. The van der Waals surface area contributed by atoms with Crippen LogP contribution in [-0.2, 0) is 4.74 Å². The first-order valence-corrected chi connectivity index (χ1v) is 12.6. The van der Waals surface area contributed by atoms with Gasteiger partial charge in [0.2, 0.25) is 0 Å². The van der Waals surface area contributed by atoms with E-state index >= 15 is 0 Å². The second-order valence-electron chi connectivity index (χ2n) is 9.85. The maximum absolute atomic E-state index is 12.2. The number of piperazine rings is 1. The third kappa shape index (κ3) is 3.56. The molecule has 4 bridgehead atoms. The van der Waals surface area contributed by atoms with Crippen LogP contribution in [0, 0.1) is 37.5 Å². The van der Waals surface area contributed by atoms with Gasteiger partial charge < -0.3 is 15.0 Å². The number of anilines is 1. The zero-order chi connectivity index (χ0) is 21.0. The Morgan fingerprint density at radius 2 is 1.63 bits per heavy atom. The molecule has 0 spiro atoms. The molecule has 0 radical (unpaired) electrons. The summed E-state index contributed by atoms with van der Waals surface area (Å²) in [6.07, 6.45) is 7.43. The summed E-state index contributed by atoms with van der Waals surface area (Å²) in [7, 11) is 1.43. The molecule has 1 aliphatic heterocycles. The lowest BCUT2D eigenvalue weighted by Gasteiger charge is -2.58. The van der Waals surface area contributed by atoms with Gasteiger partial charge in [-0.3, -0.25) is 4.90 Å². The predicted molar refractivity (Wildman–Crippen MR) is 125 cm³/mol. The summed E-state index contributed by atoms with van der Waals surface area (Å²) in [6, 6.07) is 0.815. The zero-order valence-electron chi connectivity index (χ0n) is 18.3. The van der Waals surface area contributed by atoms with Crippen molar-refractivity contribution < 1.29 is 9.53 Å². The van der Waals surface area contributed by atoms with E-state index in [4.69, 9.17) is 17.0 Å². The molecule has 0 atom stereocenters. The predicted octanol–water partition coefficient (Wildman–Crippen LogP) is 4.29. The monoisotopic (exact) mass is 447 g/mol. The molecular weight excluding hydrogens is 414 g/mol. The van der Waals surface area contributed by atoms with Gasteiger partial charge in [0.1, 0.15) is 5.00 Å². The average molecular weight is 448 g/mol. The van der Waals surface area contributed by atoms with Crippen LogP contribution in [0.1, 0.15) is 52.9 Å². The summed E-state index contributed by atoms with van der Waals surface area (Å²) in [5.74, 6) is 3.65. The molecule has 6 rings (SSSR count). The Balaban J connectivity index is 1.21. The van der Waals surface area contributed by atoms with E-state index in [1.165, 1.54) is 39.2 Å². The van der Waals surface area contributed by atoms with Gasteiger partial charge in [0.25, 0.3) is 0 Å². The number of carbonyl (C=O) groups is 1. The second kappa shape index (κ2) is 8.06. The molecule has 2 heterocycles. The van der Waals surface area contributed by atoms with E-state index in [9.17, 15) is 4.79 Å². The van der Waals surface area contributed by atoms with E-state index in [2.05, 4.69) is 15.1 Å². The summed E-state index contributed by atoms with van der Waals surface area (Å²) in [6.45, 7) is 8.12. The fourth-order valence-corrected chi connectivity index (χ4v) is 8.35. The zero-order valence-corrected chi connectivity index (χ0v) is 19.9. The normalized spacial score (nSPS) is 33.0. The number of carbonyl (C=O) groups excluding carboxylic acids is 1. The number of thiophene rings is 1. The maximum atomic E-state index is 12.2. The van der Waals surface area contributed by atoms with E-state index < -0.39 is 0 Å². The molecule has 5 fully saturated rings. The number of rotatable bonds is 3. The summed E-state index contributed by atoms with van der Waals surface area (Å²) < 4.78 is 4.99. The Hall–Kier alpha value is -1.18. The van der Waals surface area contributed by atoms with Gasteiger partial charge in [0, 0.05) is 37.1 Å². The highest BCUT2D eigenvalue weighted by Gasteiger charge is 2.50. The summed E-state index contributed by atoms with van der Waals surface area (Å²) in [4.78, 5) is 18.4. The van der Waals surface area contributed by atoms with Crippen molar-refractivity contribution in [2.75, 3.05) is 38.6 Å². The molecule has 1 saturated heterocycles. The van der Waals surface area contributed by atoms with Gasteiger partial charge in [0.05, 0.1) is 12.7 Å². The highest BCUT2D eigenvalue weighted by atomic mass is 32.1. The minimum absolute atomic E-state index is 0.297. The first kappa shape index (κ1) is 20.7. The Labute approximate surface area is 189 Å². The number of methoxy groups -OCH3 is 1. The number of nitrogens with one attached hydrogen (secondary N) is 1. The largest absolute Gasteiger partial charge is 0.465 e. The highest BCUT2D eigenvalue weighted by Crippen LogP contribution is 2.55. The first-order valence-electron chi connectivity index (χ1n) is 11.4. The number of thiocarbonyl (C=S) groups is 1. The quantitative estimate of drug-likeness (QED) is 0.551. The van der Waals surface area contributed by atoms with Crippen molar-refractivity contribution >= 4 is 39.6 Å². The number of hydrogen-bond acceptors (Lipinski definition) is 5. The summed E-state index contributed by atoms with van der Waals surface area (Å²) in [5.41, 5.74) is 1.60. The Bertz CT molecular complexity index is 816. The molecule has 0 amide bonds. The van der Waals surface area contributed by atoms with Crippen molar-refractivity contribution in [3.63, 3.8) is 0 Å². The van der Waals surface area contributed by atoms with Crippen molar-refractivity contribution in [3.8, 4) is 0 Å². The molecule has 5 nitrogen and oxygen atoms in total. The van der Waals surface area contributed by atoms with Gasteiger partial charge in [-0.05, 0) is 87.4 Å². The van der Waals surface area contributed by atoms with E-state index in [0.29, 0.717) is 5.56 Å². The number of ether oxygens (including phenoxy) is 1. The molecule has 1 aromatic heterocycles. The van der Waals surface area contributed by atoms with Gasteiger partial charge >= 0.3 is 5.97 Å². The van der Waals surface area contributed by atoms with E-state index in [1.54, 1.807) is 11.3 Å². The minimum Gasteiger partial charge on any atom is -0.465 e. The lowest BCUT2D eigenvalue weighted by molar-refractivity contribution is -0.0726. The van der Waals surface area contributed by atoms with Gasteiger partial charge in [-0.2, -0.15) is 0 Å². The molecule has 0 unspecified atom stereocenters. The fourth-order valence-electron chi connectivity index (χ4n) is 6.95. The second-order valence-corrected chi connectivity index (χ2v) is 11.5. The first-order chi connectivity index (χ1) is 14.4. The van der Waals surface area contributed by atoms with Crippen LogP contribution in [-0.4, -0.2) is 60.2 Å². The van der Waals surface area contributed by atoms with Crippen LogP contribution >= 0.6 is 23.6 Å². The maximum Gasteiger partial charge on any atom is 0.341 e. The van der Waals surface area contributed by atoms with Crippen molar-refractivity contribution in [1.82, 2.24) is 9.80 Å². The van der Waals surface area contributed by atoms with Gasteiger partial charge in [-0.25, -0.2) is 4.79 Å². The lowest BCUT2D eigenvalue weighted by atomic mass is 9.54. The molecule has 1 N–H and O–H groups in total. The van der Waals surface area contributed by atoms with E-state index in [0.717, 1.165) is 76.4 Å². The average Bonchev–Trinajstić information content (AvgIpc) is 3.00. The molecule has 1 aromatic rings. The highest BCUT2D eigenvalue weighted by molar-refractivity contribution is 7.80. The van der Waals surface area contributed by atoms with Gasteiger partial charge in [0.15, 0.2) is 5.11 Å². The molecule has 30 heavy (non-hydrogen) atoms. The number of esters is 1. The molecule has 4 aliphatic carbocycles. The lowest BCUT2D eigenvalue weighted by Crippen LogP contribution is -2.60. The molecule has 7 heteroatoms. The molecular formula is C23H33N3O2S2. The summed E-state index contributed by atoms with van der Waals surface area (Å²) >= 11 is 7.32. The van der Waals surface area contributed by atoms with Crippen LogP contribution in [0.5, 0.6) is 0 Å². The third-order valence-electron chi connectivity index (χ3n) is 8.20. The van der Waals surface area contributed by atoms with Crippen LogP contribution in [0.15, 0.2) is 0 Å². The van der Waals surface area contributed by atoms with Crippen LogP contribution in [0.4, 0.5) is 5.00 Å². The fraction of sp³-hybridized carbons (Fsp3) is 0.739. The van der Waals surface area contributed by atoms with E-state index in [1.807, 2.05) is 13.8 Å². The van der Waals surface area contributed by atoms with Crippen molar-refractivity contribution in [3.05, 3.63) is 16.0 Å².